The minimum Gasteiger partial charge on any atom is -0.385 e. The molecule has 0 atom stereocenters. The molecule has 0 amide bonds. The fourth-order valence-electron chi connectivity index (χ4n) is 2.78. The van der Waals surface area contributed by atoms with Crippen molar-refractivity contribution in [3.05, 3.63) is 42.1 Å². The Hall–Kier alpha value is -1.45. The second kappa shape index (κ2) is 5.90. The predicted octanol–water partition coefficient (Wildman–Crippen LogP) is 3.14. The second-order valence-electron chi connectivity index (χ2n) is 5.84. The molecule has 0 radical (unpaired) electrons. The van der Waals surface area contributed by atoms with Crippen LogP contribution in [0.15, 0.2) is 36.5 Å². The molecule has 1 N–H and O–H groups in total. The monoisotopic (exact) mass is 270 g/mol. The third-order valence-corrected chi connectivity index (χ3v) is 4.33. The van der Waals surface area contributed by atoms with Gasteiger partial charge in [-0.3, -0.25) is 4.98 Å². The van der Waals surface area contributed by atoms with E-state index in [1.165, 1.54) is 30.2 Å². The lowest BCUT2D eigenvalue weighted by molar-refractivity contribution is 0.171. The van der Waals surface area contributed by atoms with Crippen molar-refractivity contribution in [2.24, 2.45) is 5.41 Å². The molecule has 1 aromatic heterocycles. The molecule has 2 aromatic rings. The van der Waals surface area contributed by atoms with Crippen LogP contribution in [0.4, 0.5) is 0 Å². The normalized spacial score (nSPS) is 16.4. The summed E-state index contributed by atoms with van der Waals surface area (Å²) in [5.74, 6) is 0. The van der Waals surface area contributed by atoms with Gasteiger partial charge in [0.15, 0.2) is 0 Å². The van der Waals surface area contributed by atoms with Gasteiger partial charge in [0, 0.05) is 38.4 Å². The van der Waals surface area contributed by atoms with Crippen molar-refractivity contribution in [2.75, 3.05) is 20.3 Å². The molecule has 3 nitrogen and oxygen atoms in total. The van der Waals surface area contributed by atoms with Crippen LogP contribution in [0.1, 0.15) is 24.8 Å². The number of methoxy groups -OCH3 is 1. The van der Waals surface area contributed by atoms with Gasteiger partial charge in [-0.25, -0.2) is 0 Å². The van der Waals surface area contributed by atoms with Gasteiger partial charge in [-0.05, 0) is 36.3 Å². The summed E-state index contributed by atoms with van der Waals surface area (Å²) in [6, 6.07) is 10.5. The molecule has 0 bridgehead atoms. The molecular formula is C17H22N2O. The summed E-state index contributed by atoms with van der Waals surface area (Å²) < 4.78 is 5.20. The van der Waals surface area contributed by atoms with Crippen LogP contribution >= 0.6 is 0 Å². The SMILES string of the molecule is COCCC1(CNCc2cccc3cccnc23)CC1. The molecule has 0 aliphatic heterocycles. The van der Waals surface area contributed by atoms with Crippen LogP contribution in [0.25, 0.3) is 10.9 Å². The number of rotatable bonds is 7. The minimum absolute atomic E-state index is 0.494. The van der Waals surface area contributed by atoms with Gasteiger partial charge in [-0.1, -0.05) is 24.3 Å². The lowest BCUT2D eigenvalue weighted by Gasteiger charge is -2.16. The number of benzene rings is 1. The van der Waals surface area contributed by atoms with Gasteiger partial charge in [-0.2, -0.15) is 0 Å². The number of aromatic nitrogens is 1. The first-order valence-electron chi connectivity index (χ1n) is 7.35. The van der Waals surface area contributed by atoms with E-state index in [1.807, 2.05) is 12.3 Å². The first kappa shape index (κ1) is 13.5. The van der Waals surface area contributed by atoms with Gasteiger partial charge in [0.1, 0.15) is 0 Å². The molecule has 1 heterocycles. The standard InChI is InChI=1S/C17H22N2O/c1-20-11-9-17(7-8-17)13-18-12-15-5-2-4-14-6-3-10-19-16(14)15/h2-6,10,18H,7-9,11-13H2,1H3. The highest BCUT2D eigenvalue weighted by Crippen LogP contribution is 2.48. The highest BCUT2D eigenvalue weighted by atomic mass is 16.5. The Morgan fingerprint density at radius 3 is 2.90 bits per heavy atom. The average Bonchev–Trinajstić information content (AvgIpc) is 3.26. The summed E-state index contributed by atoms with van der Waals surface area (Å²) in [5.41, 5.74) is 2.89. The van der Waals surface area contributed by atoms with Crippen LogP contribution in [-0.2, 0) is 11.3 Å². The number of hydrogen-bond donors (Lipinski definition) is 1. The highest BCUT2D eigenvalue weighted by Gasteiger charge is 2.41. The minimum atomic E-state index is 0.494. The topological polar surface area (TPSA) is 34.1 Å². The van der Waals surface area contributed by atoms with E-state index in [0.29, 0.717) is 5.41 Å². The average molecular weight is 270 g/mol. The molecular weight excluding hydrogens is 248 g/mol. The number of nitrogens with one attached hydrogen (secondary N) is 1. The molecule has 20 heavy (non-hydrogen) atoms. The zero-order valence-corrected chi connectivity index (χ0v) is 12.1. The van der Waals surface area contributed by atoms with Crippen LogP contribution in [0.2, 0.25) is 0 Å². The zero-order valence-electron chi connectivity index (χ0n) is 12.1. The zero-order chi connectivity index (χ0) is 13.8. The fourth-order valence-corrected chi connectivity index (χ4v) is 2.78. The van der Waals surface area contributed by atoms with Gasteiger partial charge >= 0.3 is 0 Å². The largest absolute Gasteiger partial charge is 0.385 e. The summed E-state index contributed by atoms with van der Waals surface area (Å²) in [5, 5.41) is 4.83. The van der Waals surface area contributed by atoms with Crippen molar-refractivity contribution in [2.45, 2.75) is 25.8 Å². The number of ether oxygens (including phenoxy) is 1. The van der Waals surface area contributed by atoms with E-state index in [-0.39, 0.29) is 0 Å². The molecule has 1 fully saturated rings. The smallest absolute Gasteiger partial charge is 0.0746 e. The van der Waals surface area contributed by atoms with Crippen LogP contribution in [-0.4, -0.2) is 25.2 Å². The summed E-state index contributed by atoms with van der Waals surface area (Å²) in [6.07, 6.45) is 5.70. The number of fused-ring (bicyclic) bond motifs is 1. The van der Waals surface area contributed by atoms with Crippen LogP contribution in [0, 0.1) is 5.41 Å². The second-order valence-corrected chi connectivity index (χ2v) is 5.84. The third kappa shape index (κ3) is 3.00. The first-order valence-corrected chi connectivity index (χ1v) is 7.35. The Bertz CT molecular complexity index is 573. The van der Waals surface area contributed by atoms with Crippen molar-refractivity contribution in [3.63, 3.8) is 0 Å². The Morgan fingerprint density at radius 2 is 2.10 bits per heavy atom. The van der Waals surface area contributed by atoms with Crippen molar-refractivity contribution in [1.29, 1.82) is 0 Å². The van der Waals surface area contributed by atoms with Gasteiger partial charge < -0.3 is 10.1 Å². The lowest BCUT2D eigenvalue weighted by Crippen LogP contribution is -2.24. The van der Waals surface area contributed by atoms with Gasteiger partial charge in [0.25, 0.3) is 0 Å². The van der Waals surface area contributed by atoms with Crippen LogP contribution < -0.4 is 5.32 Å². The maximum absolute atomic E-state index is 5.20. The Kier molecular flexibility index (Phi) is 3.99. The van der Waals surface area contributed by atoms with E-state index in [1.54, 1.807) is 7.11 Å². The summed E-state index contributed by atoms with van der Waals surface area (Å²) in [6.45, 7) is 2.85. The number of pyridine rings is 1. The Labute approximate surface area is 120 Å². The summed E-state index contributed by atoms with van der Waals surface area (Å²) in [7, 11) is 1.78. The highest BCUT2D eigenvalue weighted by molar-refractivity contribution is 5.81. The molecule has 1 aliphatic rings. The molecule has 0 unspecified atom stereocenters. The maximum atomic E-state index is 5.20. The number of hydrogen-bond acceptors (Lipinski definition) is 3. The van der Waals surface area contributed by atoms with E-state index in [2.05, 4.69) is 34.6 Å². The van der Waals surface area contributed by atoms with E-state index < -0.39 is 0 Å². The number of nitrogens with zero attached hydrogens (tertiary/aromatic N) is 1. The Morgan fingerprint density at radius 1 is 1.25 bits per heavy atom. The molecule has 1 aromatic carbocycles. The van der Waals surface area contributed by atoms with Gasteiger partial charge in [0.2, 0.25) is 0 Å². The van der Waals surface area contributed by atoms with E-state index in [0.717, 1.165) is 25.2 Å². The van der Waals surface area contributed by atoms with Crippen molar-refractivity contribution >= 4 is 10.9 Å². The molecule has 3 heteroatoms. The van der Waals surface area contributed by atoms with Crippen molar-refractivity contribution in [3.8, 4) is 0 Å². The predicted molar refractivity (Wildman–Crippen MR) is 81.6 cm³/mol. The van der Waals surface area contributed by atoms with Crippen LogP contribution in [0.3, 0.4) is 0 Å². The fraction of sp³-hybridized carbons (Fsp3) is 0.471. The first-order chi connectivity index (χ1) is 9.83. The van der Waals surface area contributed by atoms with Gasteiger partial charge in [0.05, 0.1) is 5.52 Å². The molecule has 3 rings (SSSR count). The molecule has 1 aliphatic carbocycles. The van der Waals surface area contributed by atoms with Crippen molar-refractivity contribution in [1.82, 2.24) is 10.3 Å². The number of para-hydroxylation sites is 1. The van der Waals surface area contributed by atoms with Crippen molar-refractivity contribution < 1.29 is 4.74 Å². The molecule has 1 saturated carbocycles. The van der Waals surface area contributed by atoms with E-state index in [4.69, 9.17) is 4.74 Å². The molecule has 106 valence electrons. The van der Waals surface area contributed by atoms with Crippen LogP contribution in [0.5, 0.6) is 0 Å². The maximum Gasteiger partial charge on any atom is 0.0746 e. The third-order valence-electron chi connectivity index (χ3n) is 4.33. The van der Waals surface area contributed by atoms with E-state index in [9.17, 15) is 0 Å². The lowest BCUT2D eigenvalue weighted by atomic mass is 10.0. The summed E-state index contributed by atoms with van der Waals surface area (Å²) in [4.78, 5) is 4.50. The quantitative estimate of drug-likeness (QED) is 0.839. The molecule has 0 saturated heterocycles. The summed E-state index contributed by atoms with van der Waals surface area (Å²) >= 11 is 0. The van der Waals surface area contributed by atoms with Gasteiger partial charge in [-0.15, -0.1) is 0 Å². The van der Waals surface area contributed by atoms with E-state index >= 15 is 0 Å². The Balaban J connectivity index is 1.60. The molecule has 0 spiro atoms.